The van der Waals surface area contributed by atoms with Gasteiger partial charge in [-0.25, -0.2) is 0 Å². The van der Waals surface area contributed by atoms with Gasteiger partial charge in [-0.2, -0.15) is 0 Å². The van der Waals surface area contributed by atoms with Gasteiger partial charge in [-0.3, -0.25) is 15.6 Å². The van der Waals surface area contributed by atoms with Crippen LogP contribution in [0, 0.1) is 5.41 Å². The van der Waals surface area contributed by atoms with E-state index < -0.39 is 0 Å². The monoisotopic (exact) mass is 349 g/mol. The number of ether oxygens (including phenoxy) is 1. The Labute approximate surface area is 145 Å². The number of nitrogens with one attached hydrogen (secondary N) is 2. The molecule has 0 spiro atoms. The molecule has 0 saturated carbocycles. The molecular weight excluding hydrogens is 330 g/mol. The van der Waals surface area contributed by atoms with Crippen molar-refractivity contribution in [2.24, 2.45) is 10.3 Å². The SMILES string of the molecule is N=C(/N=N\Nc1cccc(Cl)c1)C1CCCN1C(=O)C1CCCO1. The van der Waals surface area contributed by atoms with Gasteiger partial charge in [0.05, 0.1) is 11.7 Å². The number of hydrogen-bond acceptors (Lipinski definition) is 4. The Kier molecular flexibility index (Phi) is 5.42. The summed E-state index contributed by atoms with van der Waals surface area (Å²) in [6.07, 6.45) is 2.90. The van der Waals surface area contributed by atoms with Crippen molar-refractivity contribution in [3.05, 3.63) is 29.3 Å². The first-order chi connectivity index (χ1) is 11.6. The van der Waals surface area contributed by atoms with E-state index in [1.807, 2.05) is 0 Å². The van der Waals surface area contributed by atoms with Crippen LogP contribution in [0.4, 0.5) is 5.69 Å². The maximum atomic E-state index is 12.5. The first-order valence-corrected chi connectivity index (χ1v) is 8.46. The lowest BCUT2D eigenvalue weighted by molar-refractivity contribution is -0.140. The number of anilines is 1. The predicted octanol–water partition coefficient (Wildman–Crippen LogP) is 3.27. The number of amidine groups is 1. The molecule has 1 aromatic carbocycles. The van der Waals surface area contributed by atoms with Gasteiger partial charge in [0.15, 0.2) is 5.84 Å². The number of halogens is 1. The van der Waals surface area contributed by atoms with Crippen LogP contribution in [0.2, 0.25) is 5.02 Å². The summed E-state index contributed by atoms with van der Waals surface area (Å²) < 4.78 is 5.46. The summed E-state index contributed by atoms with van der Waals surface area (Å²) in [5.41, 5.74) is 3.44. The van der Waals surface area contributed by atoms with E-state index >= 15 is 0 Å². The average molecular weight is 350 g/mol. The fraction of sp³-hybridized carbons (Fsp3) is 0.500. The van der Waals surface area contributed by atoms with Crippen LogP contribution in [0.3, 0.4) is 0 Å². The molecule has 128 valence electrons. The fourth-order valence-corrected chi connectivity index (χ4v) is 3.22. The Morgan fingerprint density at radius 2 is 2.25 bits per heavy atom. The third-order valence-electron chi connectivity index (χ3n) is 4.22. The van der Waals surface area contributed by atoms with Crippen LogP contribution < -0.4 is 5.43 Å². The fourth-order valence-electron chi connectivity index (χ4n) is 3.03. The molecule has 24 heavy (non-hydrogen) atoms. The third-order valence-corrected chi connectivity index (χ3v) is 4.45. The Hall–Kier alpha value is -1.99. The molecule has 1 aromatic rings. The molecule has 2 fully saturated rings. The van der Waals surface area contributed by atoms with Gasteiger partial charge in [-0.1, -0.05) is 22.9 Å². The lowest BCUT2D eigenvalue weighted by Crippen LogP contribution is -2.44. The molecule has 2 heterocycles. The molecule has 2 N–H and O–H groups in total. The van der Waals surface area contributed by atoms with Crippen LogP contribution in [0.5, 0.6) is 0 Å². The van der Waals surface area contributed by atoms with Gasteiger partial charge in [0.25, 0.3) is 5.91 Å². The molecule has 0 radical (unpaired) electrons. The van der Waals surface area contributed by atoms with Crippen LogP contribution >= 0.6 is 11.6 Å². The van der Waals surface area contributed by atoms with E-state index in [0.717, 1.165) is 25.7 Å². The number of rotatable bonds is 4. The number of amides is 1. The van der Waals surface area contributed by atoms with Crippen molar-refractivity contribution in [2.45, 2.75) is 37.8 Å². The maximum absolute atomic E-state index is 12.5. The van der Waals surface area contributed by atoms with Crippen LogP contribution in [-0.2, 0) is 9.53 Å². The number of nitrogens with zero attached hydrogens (tertiary/aromatic N) is 3. The van der Waals surface area contributed by atoms with Gasteiger partial charge in [0, 0.05) is 18.2 Å². The molecular formula is C16H20ClN5O2. The normalized spacial score (nSPS) is 23.8. The lowest BCUT2D eigenvalue weighted by atomic mass is 10.1. The number of hydrogen-bond donors (Lipinski definition) is 2. The first kappa shape index (κ1) is 16.9. The second-order valence-electron chi connectivity index (χ2n) is 5.90. The third kappa shape index (κ3) is 3.91. The molecule has 2 unspecified atom stereocenters. The zero-order chi connectivity index (χ0) is 16.9. The van der Waals surface area contributed by atoms with E-state index in [-0.39, 0.29) is 23.9 Å². The second-order valence-corrected chi connectivity index (χ2v) is 6.34. The zero-order valence-electron chi connectivity index (χ0n) is 13.2. The molecule has 0 bridgehead atoms. The standard InChI is InChI=1S/C16H20ClN5O2/c17-11-4-1-5-12(10-11)19-21-20-15(18)13-6-2-8-22(13)16(23)14-7-3-9-24-14/h1,4-5,10,13-14H,2-3,6-9H2,(H2,18,19,20). The minimum atomic E-state index is -0.361. The first-order valence-electron chi connectivity index (χ1n) is 8.08. The van der Waals surface area contributed by atoms with Gasteiger partial charge >= 0.3 is 0 Å². The quantitative estimate of drug-likeness (QED) is 0.378. The van der Waals surface area contributed by atoms with Gasteiger partial charge in [0.1, 0.15) is 6.10 Å². The largest absolute Gasteiger partial charge is 0.368 e. The summed E-state index contributed by atoms with van der Waals surface area (Å²) in [4.78, 5) is 14.2. The highest BCUT2D eigenvalue weighted by atomic mass is 35.5. The van der Waals surface area contributed by atoms with Crippen LogP contribution in [-0.4, -0.2) is 41.9 Å². The molecule has 1 amide bonds. The molecule has 8 heteroatoms. The van der Waals surface area contributed by atoms with Crippen molar-refractivity contribution in [2.75, 3.05) is 18.6 Å². The summed E-state index contributed by atoms with van der Waals surface area (Å²) in [5, 5.41) is 16.5. The molecule has 0 aromatic heterocycles. The van der Waals surface area contributed by atoms with Crippen LogP contribution in [0.25, 0.3) is 0 Å². The Morgan fingerprint density at radius 1 is 1.38 bits per heavy atom. The number of carbonyl (C=O) groups is 1. The van der Waals surface area contributed by atoms with Crippen molar-refractivity contribution in [1.82, 2.24) is 4.90 Å². The molecule has 2 aliphatic heterocycles. The van der Waals surface area contributed by atoms with Gasteiger partial charge in [-0.05, 0) is 43.9 Å². The molecule has 0 aliphatic carbocycles. The topological polar surface area (TPSA) is 90.1 Å². The van der Waals surface area contributed by atoms with E-state index in [2.05, 4.69) is 15.8 Å². The van der Waals surface area contributed by atoms with Crippen molar-refractivity contribution in [3.63, 3.8) is 0 Å². The van der Waals surface area contributed by atoms with Crippen molar-refractivity contribution >= 4 is 29.0 Å². The van der Waals surface area contributed by atoms with Crippen molar-refractivity contribution in [3.8, 4) is 0 Å². The summed E-state index contributed by atoms with van der Waals surface area (Å²) >= 11 is 5.90. The molecule has 2 atom stereocenters. The van der Waals surface area contributed by atoms with E-state index in [9.17, 15) is 4.79 Å². The molecule has 3 rings (SSSR count). The summed E-state index contributed by atoms with van der Waals surface area (Å²) in [6, 6.07) is 6.75. The van der Waals surface area contributed by atoms with E-state index in [1.54, 1.807) is 29.2 Å². The highest BCUT2D eigenvalue weighted by Gasteiger charge is 2.37. The van der Waals surface area contributed by atoms with Gasteiger partial charge < -0.3 is 9.64 Å². The Morgan fingerprint density at radius 3 is 3.00 bits per heavy atom. The lowest BCUT2D eigenvalue weighted by Gasteiger charge is -2.25. The molecule has 2 aliphatic rings. The predicted molar refractivity (Wildman–Crippen MR) is 91.4 cm³/mol. The Balaban J connectivity index is 1.58. The average Bonchev–Trinajstić information content (AvgIpc) is 3.26. The number of likely N-dealkylation sites (tertiary alicyclic amines) is 1. The highest BCUT2D eigenvalue weighted by Crippen LogP contribution is 2.24. The highest BCUT2D eigenvalue weighted by molar-refractivity contribution is 6.30. The molecule has 2 saturated heterocycles. The van der Waals surface area contributed by atoms with Crippen LogP contribution in [0.15, 0.2) is 34.6 Å². The zero-order valence-corrected chi connectivity index (χ0v) is 14.0. The maximum Gasteiger partial charge on any atom is 0.252 e. The summed E-state index contributed by atoms with van der Waals surface area (Å²) in [6.45, 7) is 1.28. The van der Waals surface area contributed by atoms with E-state index in [0.29, 0.717) is 23.9 Å². The van der Waals surface area contributed by atoms with Gasteiger partial charge in [-0.15, -0.1) is 5.11 Å². The smallest absolute Gasteiger partial charge is 0.252 e. The second kappa shape index (κ2) is 7.72. The van der Waals surface area contributed by atoms with Crippen molar-refractivity contribution < 1.29 is 9.53 Å². The Bertz CT molecular complexity index is 645. The summed E-state index contributed by atoms with van der Waals surface area (Å²) in [7, 11) is 0. The minimum absolute atomic E-state index is 0.0299. The molecule has 7 nitrogen and oxygen atoms in total. The van der Waals surface area contributed by atoms with E-state index in [1.165, 1.54) is 0 Å². The number of benzene rings is 1. The van der Waals surface area contributed by atoms with Gasteiger partial charge in [0.2, 0.25) is 0 Å². The van der Waals surface area contributed by atoms with Crippen LogP contribution in [0.1, 0.15) is 25.7 Å². The minimum Gasteiger partial charge on any atom is -0.368 e. The van der Waals surface area contributed by atoms with E-state index in [4.69, 9.17) is 21.7 Å². The van der Waals surface area contributed by atoms with Crippen molar-refractivity contribution in [1.29, 1.82) is 5.41 Å². The summed E-state index contributed by atoms with van der Waals surface area (Å²) in [5.74, 6) is 0.0473. The number of carbonyl (C=O) groups excluding carboxylic acids is 1.